The molecule has 0 bridgehead atoms. The zero-order valence-electron chi connectivity index (χ0n) is 8.48. The van der Waals surface area contributed by atoms with Crippen LogP contribution in [0.3, 0.4) is 0 Å². The molecule has 0 heterocycles. The van der Waals surface area contributed by atoms with Crippen LogP contribution in [-0.4, -0.2) is 23.9 Å². The van der Waals surface area contributed by atoms with E-state index in [1.165, 1.54) is 12.1 Å². The number of hydrogen-bond acceptors (Lipinski definition) is 3. The molecule has 0 saturated carbocycles. The van der Waals surface area contributed by atoms with Gasteiger partial charge >= 0.3 is 0 Å². The molecule has 0 saturated heterocycles. The lowest BCUT2D eigenvalue weighted by atomic mass is 10.2. The van der Waals surface area contributed by atoms with Crippen LogP contribution in [0.25, 0.3) is 6.08 Å². The van der Waals surface area contributed by atoms with Gasteiger partial charge in [-0.3, -0.25) is 10.1 Å². The standard InChI is InChI=1S/C10H11BrN2O2/c1-12(2)6-5-8-3-4-9(13(14)15)7-10(8)11/h3-7H,1-2H3/b6-5+. The van der Waals surface area contributed by atoms with Gasteiger partial charge in [0.05, 0.1) is 4.92 Å². The lowest BCUT2D eigenvalue weighted by molar-refractivity contribution is -0.384. The molecule has 0 spiro atoms. The predicted molar refractivity (Wildman–Crippen MR) is 63.5 cm³/mol. The number of nitrogens with zero attached hydrogens (tertiary/aromatic N) is 2. The van der Waals surface area contributed by atoms with Crippen LogP contribution < -0.4 is 0 Å². The Bertz CT molecular complexity index is 402. The third kappa shape index (κ3) is 3.36. The third-order valence-electron chi connectivity index (χ3n) is 1.75. The van der Waals surface area contributed by atoms with E-state index in [2.05, 4.69) is 15.9 Å². The number of rotatable bonds is 3. The topological polar surface area (TPSA) is 46.4 Å². The molecule has 0 radical (unpaired) electrons. The average Bonchev–Trinajstić information content (AvgIpc) is 2.15. The van der Waals surface area contributed by atoms with Gasteiger partial charge in [-0.05, 0) is 39.8 Å². The summed E-state index contributed by atoms with van der Waals surface area (Å²) in [5.74, 6) is 0. The summed E-state index contributed by atoms with van der Waals surface area (Å²) in [5, 5.41) is 10.5. The Morgan fingerprint density at radius 3 is 2.60 bits per heavy atom. The van der Waals surface area contributed by atoms with E-state index in [0.717, 1.165) is 10.0 Å². The molecule has 80 valence electrons. The molecule has 5 heteroatoms. The van der Waals surface area contributed by atoms with Crippen molar-refractivity contribution >= 4 is 27.7 Å². The molecule has 0 N–H and O–H groups in total. The molecule has 15 heavy (non-hydrogen) atoms. The molecule has 1 aromatic carbocycles. The first-order chi connectivity index (χ1) is 7.00. The summed E-state index contributed by atoms with van der Waals surface area (Å²) in [4.78, 5) is 12.0. The van der Waals surface area contributed by atoms with Crippen LogP contribution >= 0.6 is 15.9 Å². The summed E-state index contributed by atoms with van der Waals surface area (Å²) in [7, 11) is 3.82. The predicted octanol–water partition coefficient (Wildman–Crippen LogP) is 2.89. The summed E-state index contributed by atoms with van der Waals surface area (Å²) in [6.07, 6.45) is 3.76. The van der Waals surface area contributed by atoms with Crippen LogP contribution in [0.4, 0.5) is 5.69 Å². The first kappa shape index (κ1) is 11.7. The third-order valence-corrected chi connectivity index (χ3v) is 2.43. The summed E-state index contributed by atoms with van der Waals surface area (Å²) in [5.41, 5.74) is 0.998. The van der Waals surface area contributed by atoms with Gasteiger partial charge in [0, 0.05) is 30.7 Å². The molecule has 1 aromatic rings. The van der Waals surface area contributed by atoms with Crippen LogP contribution in [0.1, 0.15) is 5.56 Å². The van der Waals surface area contributed by atoms with Gasteiger partial charge < -0.3 is 4.90 Å². The van der Waals surface area contributed by atoms with E-state index in [4.69, 9.17) is 0 Å². The minimum atomic E-state index is -0.412. The van der Waals surface area contributed by atoms with E-state index in [0.29, 0.717) is 0 Å². The first-order valence-corrected chi connectivity index (χ1v) is 5.08. The molecular formula is C10H11BrN2O2. The molecule has 4 nitrogen and oxygen atoms in total. The Balaban J connectivity index is 2.98. The number of halogens is 1. The molecule has 0 aliphatic carbocycles. The van der Waals surface area contributed by atoms with Gasteiger partial charge in [0.2, 0.25) is 0 Å². The van der Waals surface area contributed by atoms with Crippen LogP contribution in [0.5, 0.6) is 0 Å². The van der Waals surface area contributed by atoms with Crippen LogP contribution in [0.2, 0.25) is 0 Å². The molecule has 0 unspecified atom stereocenters. The van der Waals surface area contributed by atoms with Gasteiger partial charge in [-0.15, -0.1) is 0 Å². The molecule has 0 fully saturated rings. The molecule has 0 aliphatic heterocycles. The monoisotopic (exact) mass is 270 g/mol. The van der Waals surface area contributed by atoms with E-state index in [1.807, 2.05) is 31.3 Å². The minimum absolute atomic E-state index is 0.0869. The van der Waals surface area contributed by atoms with E-state index in [9.17, 15) is 10.1 Å². The summed E-state index contributed by atoms with van der Waals surface area (Å²) in [6.45, 7) is 0. The van der Waals surface area contributed by atoms with Crippen LogP contribution in [-0.2, 0) is 0 Å². The molecular weight excluding hydrogens is 260 g/mol. The van der Waals surface area contributed by atoms with Crippen molar-refractivity contribution in [2.24, 2.45) is 0 Å². The number of benzene rings is 1. The highest BCUT2D eigenvalue weighted by molar-refractivity contribution is 9.10. The summed E-state index contributed by atoms with van der Waals surface area (Å²) in [6, 6.07) is 4.69. The van der Waals surface area contributed by atoms with Gasteiger partial charge in [0.25, 0.3) is 5.69 Å². The zero-order valence-corrected chi connectivity index (χ0v) is 10.1. The van der Waals surface area contributed by atoms with E-state index in [1.54, 1.807) is 6.07 Å². The molecule has 0 aliphatic rings. The Kier molecular flexibility index (Phi) is 3.85. The highest BCUT2D eigenvalue weighted by Crippen LogP contribution is 2.23. The number of nitro groups is 1. The second-order valence-corrected chi connectivity index (χ2v) is 4.10. The number of nitro benzene ring substituents is 1. The molecule has 1 rings (SSSR count). The summed E-state index contributed by atoms with van der Waals surface area (Å²) < 4.78 is 0.717. The zero-order chi connectivity index (χ0) is 11.4. The Morgan fingerprint density at radius 2 is 2.13 bits per heavy atom. The average molecular weight is 271 g/mol. The normalized spacial score (nSPS) is 10.6. The highest BCUT2D eigenvalue weighted by atomic mass is 79.9. The van der Waals surface area contributed by atoms with Crippen molar-refractivity contribution in [3.8, 4) is 0 Å². The van der Waals surface area contributed by atoms with Crippen molar-refractivity contribution in [2.75, 3.05) is 14.1 Å². The first-order valence-electron chi connectivity index (χ1n) is 4.29. The fourth-order valence-electron chi connectivity index (χ4n) is 0.994. The quantitative estimate of drug-likeness (QED) is 0.627. The van der Waals surface area contributed by atoms with Gasteiger partial charge in [-0.2, -0.15) is 0 Å². The van der Waals surface area contributed by atoms with Gasteiger partial charge in [0.15, 0.2) is 0 Å². The number of non-ortho nitro benzene ring substituents is 1. The molecule has 0 aromatic heterocycles. The lowest BCUT2D eigenvalue weighted by Crippen LogP contribution is -1.99. The largest absolute Gasteiger partial charge is 0.383 e. The molecule has 0 amide bonds. The second-order valence-electron chi connectivity index (χ2n) is 3.24. The summed E-state index contributed by atoms with van der Waals surface area (Å²) >= 11 is 3.29. The maximum atomic E-state index is 10.5. The van der Waals surface area contributed by atoms with Crippen LogP contribution in [0.15, 0.2) is 28.9 Å². The van der Waals surface area contributed by atoms with Gasteiger partial charge in [0.1, 0.15) is 0 Å². The van der Waals surface area contributed by atoms with E-state index >= 15 is 0 Å². The van der Waals surface area contributed by atoms with Crippen molar-refractivity contribution in [1.29, 1.82) is 0 Å². The highest BCUT2D eigenvalue weighted by Gasteiger charge is 2.06. The van der Waals surface area contributed by atoms with Gasteiger partial charge in [-0.1, -0.05) is 0 Å². The maximum absolute atomic E-state index is 10.5. The van der Waals surface area contributed by atoms with Crippen molar-refractivity contribution in [2.45, 2.75) is 0 Å². The smallest absolute Gasteiger partial charge is 0.270 e. The van der Waals surface area contributed by atoms with Gasteiger partial charge in [-0.25, -0.2) is 0 Å². The van der Waals surface area contributed by atoms with Crippen molar-refractivity contribution < 1.29 is 4.92 Å². The Labute approximate surface area is 96.5 Å². The second kappa shape index (κ2) is 4.93. The van der Waals surface area contributed by atoms with Crippen molar-refractivity contribution in [3.63, 3.8) is 0 Å². The van der Waals surface area contributed by atoms with E-state index < -0.39 is 4.92 Å². The fraction of sp³-hybridized carbons (Fsp3) is 0.200. The maximum Gasteiger partial charge on any atom is 0.270 e. The number of hydrogen-bond donors (Lipinski definition) is 0. The van der Waals surface area contributed by atoms with Crippen molar-refractivity contribution in [1.82, 2.24) is 4.90 Å². The van der Waals surface area contributed by atoms with E-state index in [-0.39, 0.29) is 5.69 Å². The molecule has 0 atom stereocenters. The van der Waals surface area contributed by atoms with Crippen molar-refractivity contribution in [3.05, 3.63) is 44.5 Å². The fourth-order valence-corrected chi connectivity index (χ4v) is 1.49. The lowest BCUT2D eigenvalue weighted by Gasteiger charge is -2.04. The Hall–Kier alpha value is -1.36. The Morgan fingerprint density at radius 1 is 1.47 bits per heavy atom. The SMILES string of the molecule is CN(C)/C=C/c1ccc([N+](=O)[O-])cc1Br. The van der Waals surface area contributed by atoms with Crippen LogP contribution in [0, 0.1) is 10.1 Å². The minimum Gasteiger partial charge on any atom is -0.383 e.